The Balaban J connectivity index is 0.000000158. The Morgan fingerprint density at radius 2 is 1.17 bits per heavy atom. The third-order valence-corrected chi connectivity index (χ3v) is 7.36. The summed E-state index contributed by atoms with van der Waals surface area (Å²) >= 11 is 0. The van der Waals surface area contributed by atoms with Crippen molar-refractivity contribution < 1.29 is 4.79 Å². The van der Waals surface area contributed by atoms with Gasteiger partial charge in [0.15, 0.2) is 0 Å². The van der Waals surface area contributed by atoms with Crippen LogP contribution in [0.25, 0.3) is 11.1 Å². The molecule has 0 radical (unpaired) electrons. The lowest BCUT2D eigenvalue weighted by Gasteiger charge is -2.15. The summed E-state index contributed by atoms with van der Waals surface area (Å²) < 4.78 is 0. The third-order valence-electron chi connectivity index (χ3n) is 7.36. The van der Waals surface area contributed by atoms with Crippen LogP contribution in [0.4, 0.5) is 0 Å². The highest BCUT2D eigenvalue weighted by molar-refractivity contribution is 5.74. The monoisotopic (exact) mass is 542 g/mol. The number of hydrogen-bond acceptors (Lipinski definition) is 3. The number of rotatable bonds is 8. The van der Waals surface area contributed by atoms with Crippen LogP contribution in [0, 0.1) is 0 Å². The Morgan fingerprint density at radius 3 is 1.68 bits per heavy atom. The van der Waals surface area contributed by atoms with Crippen LogP contribution in [0.1, 0.15) is 64.9 Å². The van der Waals surface area contributed by atoms with Gasteiger partial charge in [-0.25, -0.2) is 0 Å². The van der Waals surface area contributed by atoms with E-state index in [1.807, 2.05) is 18.2 Å². The summed E-state index contributed by atoms with van der Waals surface area (Å²) in [6.07, 6.45) is 9.79. The first-order valence-electron chi connectivity index (χ1n) is 14.6. The van der Waals surface area contributed by atoms with Crippen LogP contribution >= 0.6 is 0 Å². The van der Waals surface area contributed by atoms with Crippen LogP contribution in [0.2, 0.25) is 0 Å². The normalized spacial score (nSPS) is 14.1. The van der Waals surface area contributed by atoms with Crippen molar-refractivity contribution in [3.63, 3.8) is 0 Å². The zero-order chi connectivity index (χ0) is 28.9. The molecule has 2 aliphatic carbocycles. The molecule has 0 spiro atoms. The maximum absolute atomic E-state index is 10.0. The number of nitrogens with two attached hydrogens (primary N) is 1. The molecule has 210 valence electrons. The molecule has 4 aromatic carbocycles. The maximum atomic E-state index is 10.0. The van der Waals surface area contributed by atoms with Crippen LogP contribution < -0.4 is 11.1 Å². The Hall–Kier alpha value is -4.05. The Bertz CT molecular complexity index is 1440. The number of aldehydes is 1. The van der Waals surface area contributed by atoms with Gasteiger partial charge in [-0.15, -0.1) is 0 Å². The first-order chi connectivity index (χ1) is 20.0. The van der Waals surface area contributed by atoms with E-state index in [0.29, 0.717) is 6.04 Å². The van der Waals surface area contributed by atoms with Gasteiger partial charge in [-0.1, -0.05) is 121 Å². The topological polar surface area (TPSA) is 55.1 Å². The van der Waals surface area contributed by atoms with Crippen LogP contribution in [-0.2, 0) is 19.4 Å². The predicted molar refractivity (Wildman–Crippen MR) is 174 cm³/mol. The summed E-state index contributed by atoms with van der Waals surface area (Å²) in [6.45, 7) is 5.27. The van der Waals surface area contributed by atoms with Crippen molar-refractivity contribution in [3.05, 3.63) is 155 Å². The fourth-order valence-electron chi connectivity index (χ4n) is 5.26. The van der Waals surface area contributed by atoms with Gasteiger partial charge in [0.2, 0.25) is 0 Å². The van der Waals surface area contributed by atoms with Gasteiger partial charge in [0.1, 0.15) is 6.29 Å². The fourth-order valence-corrected chi connectivity index (χ4v) is 5.26. The second kappa shape index (κ2) is 15.7. The van der Waals surface area contributed by atoms with Crippen LogP contribution in [0.15, 0.2) is 121 Å². The largest absolute Gasteiger partial charge is 0.328 e. The average Bonchev–Trinajstić information content (AvgIpc) is 3.61. The smallest absolute Gasteiger partial charge is 0.150 e. The molecule has 2 atom stereocenters. The molecule has 3 nitrogen and oxygen atoms in total. The molecule has 0 aromatic heterocycles. The van der Waals surface area contributed by atoms with E-state index in [2.05, 4.69) is 110 Å². The molecule has 0 aliphatic heterocycles. The molecular weight excluding hydrogens is 500 g/mol. The Kier molecular flexibility index (Phi) is 11.4. The molecule has 0 heterocycles. The number of nitrogens with one attached hydrogen (secondary N) is 1. The minimum Gasteiger partial charge on any atom is -0.328 e. The molecule has 0 saturated heterocycles. The van der Waals surface area contributed by atoms with Crippen molar-refractivity contribution in [1.29, 1.82) is 0 Å². The molecule has 0 saturated carbocycles. The number of carbonyl (C=O) groups excluding carboxylic acids is 1. The molecule has 0 unspecified atom stereocenters. The van der Waals surface area contributed by atoms with Gasteiger partial charge < -0.3 is 11.1 Å². The molecule has 3 N–H and O–H groups in total. The number of fused-ring (bicyclic) bond motifs is 2. The molecule has 0 fully saturated rings. The SMILES string of the molecule is C[C@@H](N)CC1=CCc2ccccc21.C[C@H](CC1=CCc2ccccc21)NCc1ccccc1.O=Cc1ccccc1. The van der Waals surface area contributed by atoms with Crippen LogP contribution in [0.3, 0.4) is 0 Å². The van der Waals surface area contributed by atoms with E-state index in [-0.39, 0.29) is 6.04 Å². The number of benzene rings is 4. The quantitative estimate of drug-likeness (QED) is 0.221. The van der Waals surface area contributed by atoms with Crippen molar-refractivity contribution in [2.45, 2.75) is 58.2 Å². The summed E-state index contributed by atoms with van der Waals surface area (Å²) in [5, 5.41) is 3.62. The molecule has 0 amide bonds. The summed E-state index contributed by atoms with van der Waals surface area (Å²) in [5.74, 6) is 0. The lowest BCUT2D eigenvalue weighted by molar-refractivity contribution is 0.112. The van der Waals surface area contributed by atoms with Crippen molar-refractivity contribution in [1.82, 2.24) is 5.32 Å². The third kappa shape index (κ3) is 9.24. The molecule has 3 heteroatoms. The molecule has 41 heavy (non-hydrogen) atoms. The van der Waals surface area contributed by atoms with Gasteiger partial charge in [-0.2, -0.15) is 0 Å². The number of allylic oxidation sites excluding steroid dienone is 2. The number of hydrogen-bond donors (Lipinski definition) is 2. The molecular formula is C38H42N2O. The summed E-state index contributed by atoms with van der Waals surface area (Å²) in [4.78, 5) is 10.0. The number of carbonyl (C=O) groups is 1. The zero-order valence-electron chi connectivity index (χ0n) is 24.3. The van der Waals surface area contributed by atoms with E-state index < -0.39 is 0 Å². The highest BCUT2D eigenvalue weighted by atomic mass is 16.1. The van der Waals surface area contributed by atoms with E-state index in [4.69, 9.17) is 5.73 Å². The Labute approximate surface area is 245 Å². The maximum Gasteiger partial charge on any atom is 0.150 e. The van der Waals surface area contributed by atoms with E-state index >= 15 is 0 Å². The first-order valence-corrected chi connectivity index (χ1v) is 14.6. The van der Waals surface area contributed by atoms with Gasteiger partial charge in [0, 0.05) is 24.2 Å². The standard InChI is InChI=1S/C19H21N.C12H15N.C7H6O/c1-15(20-14-16-7-3-2-4-8-16)13-18-12-11-17-9-5-6-10-19(17)18;1-9(13)8-11-7-6-10-4-2-3-5-12(10)11;8-6-7-4-2-1-3-5-7/h2-10,12,15,20H,11,13-14H2,1H3;2-5,7,9H,6,8,13H2,1H3;1-6H/t15-;9-;/m11./s1. The van der Waals surface area contributed by atoms with E-state index in [0.717, 1.165) is 44.1 Å². The summed E-state index contributed by atoms with van der Waals surface area (Å²) in [5.41, 5.74) is 16.5. The van der Waals surface area contributed by atoms with Crippen molar-refractivity contribution in [3.8, 4) is 0 Å². The average molecular weight is 543 g/mol. The second-order valence-corrected chi connectivity index (χ2v) is 10.9. The summed E-state index contributed by atoms with van der Waals surface area (Å²) in [7, 11) is 0. The van der Waals surface area contributed by atoms with Gasteiger partial charge >= 0.3 is 0 Å². The van der Waals surface area contributed by atoms with Crippen molar-refractivity contribution in [2.75, 3.05) is 0 Å². The minimum absolute atomic E-state index is 0.261. The minimum atomic E-state index is 0.261. The van der Waals surface area contributed by atoms with Crippen molar-refractivity contribution in [2.24, 2.45) is 5.73 Å². The first kappa shape index (κ1) is 29.9. The summed E-state index contributed by atoms with van der Waals surface area (Å²) in [6, 6.07) is 37.8. The van der Waals surface area contributed by atoms with Crippen molar-refractivity contribution >= 4 is 17.4 Å². The van der Waals surface area contributed by atoms with E-state index in [1.54, 1.807) is 12.1 Å². The lowest BCUT2D eigenvalue weighted by atomic mass is 10.0. The lowest BCUT2D eigenvalue weighted by Crippen LogP contribution is -2.25. The second-order valence-electron chi connectivity index (χ2n) is 10.9. The molecule has 2 aliphatic rings. The van der Waals surface area contributed by atoms with E-state index in [1.165, 1.54) is 39.0 Å². The molecule has 4 aromatic rings. The molecule has 6 rings (SSSR count). The van der Waals surface area contributed by atoms with Gasteiger partial charge in [0.05, 0.1) is 0 Å². The zero-order valence-corrected chi connectivity index (χ0v) is 24.3. The predicted octanol–water partition coefficient (Wildman–Crippen LogP) is 8.06. The van der Waals surface area contributed by atoms with Gasteiger partial charge in [-0.05, 0) is 78.5 Å². The van der Waals surface area contributed by atoms with E-state index in [9.17, 15) is 4.79 Å². The van der Waals surface area contributed by atoms with Gasteiger partial charge in [0.25, 0.3) is 0 Å². The van der Waals surface area contributed by atoms with Crippen LogP contribution in [0.5, 0.6) is 0 Å². The van der Waals surface area contributed by atoms with Gasteiger partial charge in [-0.3, -0.25) is 4.79 Å². The fraction of sp³-hybridized carbons (Fsp3) is 0.237. The highest BCUT2D eigenvalue weighted by Crippen LogP contribution is 2.31. The Morgan fingerprint density at radius 1 is 0.683 bits per heavy atom. The molecule has 0 bridgehead atoms. The van der Waals surface area contributed by atoms with Crippen LogP contribution in [-0.4, -0.2) is 18.4 Å². The highest BCUT2D eigenvalue weighted by Gasteiger charge is 2.15.